The van der Waals surface area contributed by atoms with Gasteiger partial charge in [0.2, 0.25) is 21.8 Å². The highest BCUT2D eigenvalue weighted by Crippen LogP contribution is 2.19. The summed E-state index contributed by atoms with van der Waals surface area (Å²) < 4.78 is 31.9. The van der Waals surface area contributed by atoms with Gasteiger partial charge >= 0.3 is 0 Å². The van der Waals surface area contributed by atoms with Crippen LogP contribution < -0.4 is 10.0 Å². The molecule has 29 heavy (non-hydrogen) atoms. The number of rotatable bonds is 8. The number of carbonyl (C=O) groups excluding carboxylic acids is 2. The minimum atomic E-state index is -3.83. The Bertz CT molecular complexity index is 994. The molecule has 1 heterocycles. The van der Waals surface area contributed by atoms with Crippen molar-refractivity contribution < 1.29 is 22.5 Å². The lowest BCUT2D eigenvalue weighted by Gasteiger charge is -2.18. The molecule has 2 rings (SSSR count). The molecule has 2 amide bonds. The molecule has 0 aliphatic carbocycles. The van der Waals surface area contributed by atoms with E-state index < -0.39 is 10.0 Å². The van der Waals surface area contributed by atoms with Gasteiger partial charge in [-0.2, -0.15) is 0 Å². The van der Waals surface area contributed by atoms with Gasteiger partial charge in [0.05, 0.1) is 6.54 Å². The molecule has 158 valence electrons. The van der Waals surface area contributed by atoms with Crippen molar-refractivity contribution in [2.24, 2.45) is 0 Å². The van der Waals surface area contributed by atoms with Gasteiger partial charge in [-0.15, -0.1) is 0 Å². The Morgan fingerprint density at radius 3 is 2.48 bits per heavy atom. The summed E-state index contributed by atoms with van der Waals surface area (Å²) in [5.74, 6) is -0.505. The molecule has 0 unspecified atom stereocenters. The number of aromatic nitrogens is 1. The van der Waals surface area contributed by atoms with E-state index in [1.807, 2.05) is 26.0 Å². The van der Waals surface area contributed by atoms with Gasteiger partial charge in [0, 0.05) is 25.7 Å². The summed E-state index contributed by atoms with van der Waals surface area (Å²) in [5, 5.41) is 6.41. The van der Waals surface area contributed by atoms with Gasteiger partial charge in [0.25, 0.3) is 0 Å². The number of nitrogens with zero attached hydrogens (tertiary/aromatic N) is 2. The summed E-state index contributed by atoms with van der Waals surface area (Å²) >= 11 is 0. The van der Waals surface area contributed by atoms with Crippen LogP contribution in [0.2, 0.25) is 0 Å². The summed E-state index contributed by atoms with van der Waals surface area (Å²) in [5.41, 5.74) is 2.96. The quantitative estimate of drug-likeness (QED) is 0.667. The fraction of sp³-hybridized carbons (Fsp3) is 0.421. The minimum Gasteiger partial charge on any atom is -0.360 e. The third kappa shape index (κ3) is 5.64. The number of nitrogens with one attached hydrogen (secondary N) is 2. The van der Waals surface area contributed by atoms with Gasteiger partial charge in [0.15, 0.2) is 5.76 Å². The first-order valence-electron chi connectivity index (χ1n) is 9.05. The number of benzene rings is 1. The van der Waals surface area contributed by atoms with Crippen LogP contribution in [0.25, 0.3) is 0 Å². The molecule has 0 saturated heterocycles. The van der Waals surface area contributed by atoms with Crippen molar-refractivity contribution >= 4 is 27.5 Å². The molecular weight excluding hydrogens is 396 g/mol. The van der Waals surface area contributed by atoms with Crippen LogP contribution in [0.15, 0.2) is 27.6 Å². The fourth-order valence-corrected chi connectivity index (χ4v) is 4.15. The number of sulfonamides is 1. The molecule has 1 aromatic heterocycles. The van der Waals surface area contributed by atoms with Crippen LogP contribution in [0, 0.1) is 27.7 Å². The Kier molecular flexibility index (Phi) is 7.15. The minimum absolute atomic E-state index is 0.0220. The van der Waals surface area contributed by atoms with Crippen LogP contribution in [-0.2, 0) is 19.6 Å². The van der Waals surface area contributed by atoms with Gasteiger partial charge in [-0.25, -0.2) is 13.1 Å². The van der Waals surface area contributed by atoms with Crippen molar-refractivity contribution in [3.63, 3.8) is 0 Å². The molecule has 0 aliphatic rings. The van der Waals surface area contributed by atoms with E-state index in [2.05, 4.69) is 15.2 Å². The molecule has 2 aromatic rings. The molecular formula is C19H26N4O5S. The lowest BCUT2D eigenvalue weighted by atomic mass is 10.1. The second-order valence-corrected chi connectivity index (χ2v) is 8.55. The second-order valence-electron chi connectivity index (χ2n) is 6.85. The number of hydrogen-bond acceptors (Lipinski definition) is 6. The van der Waals surface area contributed by atoms with Crippen molar-refractivity contribution in [2.75, 3.05) is 25.5 Å². The normalized spacial score (nSPS) is 11.3. The topological polar surface area (TPSA) is 122 Å². The summed E-state index contributed by atoms with van der Waals surface area (Å²) in [6.07, 6.45) is -0.0874. The van der Waals surface area contributed by atoms with Crippen LogP contribution in [0.3, 0.4) is 0 Å². The molecule has 0 fully saturated rings. The smallest absolute Gasteiger partial charge is 0.245 e. The molecule has 10 heteroatoms. The maximum atomic E-state index is 12.3. The Morgan fingerprint density at radius 1 is 1.17 bits per heavy atom. The molecule has 0 aliphatic heterocycles. The standard InChI is InChI=1S/C19H26N4O5S/c1-12-7-6-8-16(13(12)2)21-17(24)11-23(5)18(25)9-10-20-29(26,27)19-14(3)22-28-15(19)4/h6-8,20H,9-11H2,1-5H3,(H,21,24). The van der Waals surface area contributed by atoms with Gasteiger partial charge in [0.1, 0.15) is 10.6 Å². The summed E-state index contributed by atoms with van der Waals surface area (Å²) in [6, 6.07) is 5.59. The molecule has 9 nitrogen and oxygen atoms in total. The zero-order chi connectivity index (χ0) is 21.8. The largest absolute Gasteiger partial charge is 0.360 e. The monoisotopic (exact) mass is 422 g/mol. The number of carbonyl (C=O) groups is 2. The third-order valence-corrected chi connectivity index (χ3v) is 6.26. The first-order chi connectivity index (χ1) is 13.5. The Labute approximate surface area is 170 Å². The average molecular weight is 423 g/mol. The van der Waals surface area contributed by atoms with E-state index in [4.69, 9.17) is 4.52 Å². The van der Waals surface area contributed by atoms with Gasteiger partial charge < -0.3 is 14.7 Å². The molecule has 1 aromatic carbocycles. The number of aryl methyl sites for hydroxylation is 3. The van der Waals surface area contributed by atoms with E-state index in [-0.39, 0.29) is 47.7 Å². The molecule has 0 bridgehead atoms. The zero-order valence-electron chi connectivity index (χ0n) is 17.2. The van der Waals surface area contributed by atoms with Gasteiger partial charge in [-0.3, -0.25) is 9.59 Å². The Hall–Kier alpha value is -2.72. The molecule has 0 atom stereocenters. The van der Waals surface area contributed by atoms with E-state index in [9.17, 15) is 18.0 Å². The van der Waals surface area contributed by atoms with Crippen molar-refractivity contribution in [1.29, 1.82) is 0 Å². The first kappa shape index (κ1) is 22.6. The van der Waals surface area contributed by atoms with Crippen LogP contribution in [0.5, 0.6) is 0 Å². The van der Waals surface area contributed by atoms with Crippen molar-refractivity contribution in [2.45, 2.75) is 39.0 Å². The summed E-state index contributed by atoms with van der Waals surface area (Å²) in [6.45, 7) is 6.65. The highest BCUT2D eigenvalue weighted by Gasteiger charge is 2.24. The fourth-order valence-electron chi connectivity index (χ4n) is 2.79. The highest BCUT2D eigenvalue weighted by molar-refractivity contribution is 7.89. The van der Waals surface area contributed by atoms with Crippen LogP contribution in [0.1, 0.15) is 29.0 Å². The lowest BCUT2D eigenvalue weighted by molar-refractivity contribution is -0.133. The van der Waals surface area contributed by atoms with E-state index in [0.717, 1.165) is 11.1 Å². The highest BCUT2D eigenvalue weighted by atomic mass is 32.2. The predicted molar refractivity (Wildman–Crippen MR) is 108 cm³/mol. The van der Waals surface area contributed by atoms with E-state index in [1.165, 1.54) is 25.8 Å². The number of hydrogen-bond donors (Lipinski definition) is 2. The lowest BCUT2D eigenvalue weighted by Crippen LogP contribution is -2.37. The van der Waals surface area contributed by atoms with Crippen molar-refractivity contribution in [3.05, 3.63) is 40.8 Å². The Morgan fingerprint density at radius 2 is 1.86 bits per heavy atom. The molecule has 0 saturated carbocycles. The van der Waals surface area contributed by atoms with Crippen LogP contribution >= 0.6 is 0 Å². The maximum absolute atomic E-state index is 12.3. The molecule has 2 N–H and O–H groups in total. The maximum Gasteiger partial charge on any atom is 0.245 e. The Balaban J connectivity index is 1.86. The van der Waals surface area contributed by atoms with Gasteiger partial charge in [-0.1, -0.05) is 17.3 Å². The first-order valence-corrected chi connectivity index (χ1v) is 10.5. The molecule has 0 radical (unpaired) electrons. The van der Waals surface area contributed by atoms with Crippen molar-refractivity contribution in [3.8, 4) is 0 Å². The van der Waals surface area contributed by atoms with E-state index >= 15 is 0 Å². The summed E-state index contributed by atoms with van der Waals surface area (Å²) in [7, 11) is -2.33. The van der Waals surface area contributed by atoms with Gasteiger partial charge in [-0.05, 0) is 44.9 Å². The van der Waals surface area contributed by atoms with Crippen LogP contribution in [0.4, 0.5) is 5.69 Å². The van der Waals surface area contributed by atoms with Crippen LogP contribution in [-0.4, -0.2) is 50.4 Å². The second kappa shape index (κ2) is 9.19. The third-order valence-electron chi connectivity index (χ3n) is 4.55. The number of likely N-dealkylation sites (N-methyl/N-ethyl adjacent to an activating group) is 1. The van der Waals surface area contributed by atoms with Crippen molar-refractivity contribution in [1.82, 2.24) is 14.8 Å². The predicted octanol–water partition coefficient (Wildman–Crippen LogP) is 1.67. The number of anilines is 1. The van der Waals surface area contributed by atoms with E-state index in [0.29, 0.717) is 5.69 Å². The van der Waals surface area contributed by atoms with E-state index in [1.54, 1.807) is 6.07 Å². The zero-order valence-corrected chi connectivity index (χ0v) is 18.0. The molecule has 0 spiro atoms. The summed E-state index contributed by atoms with van der Waals surface area (Å²) in [4.78, 5) is 25.7. The SMILES string of the molecule is Cc1cccc(NC(=O)CN(C)C(=O)CCNS(=O)(=O)c2c(C)noc2C)c1C. The number of amides is 2. The average Bonchev–Trinajstić information content (AvgIpc) is 2.97.